The average Bonchev–Trinajstić information content (AvgIpc) is 2.05. The highest BCUT2D eigenvalue weighted by Gasteiger charge is 2.31. The van der Waals surface area contributed by atoms with Gasteiger partial charge in [-0.2, -0.15) is 0 Å². The van der Waals surface area contributed by atoms with Crippen LogP contribution < -0.4 is 10.6 Å². The van der Waals surface area contributed by atoms with Gasteiger partial charge in [0.05, 0.1) is 6.61 Å². The van der Waals surface area contributed by atoms with Crippen LogP contribution in [-0.4, -0.2) is 36.4 Å². The van der Waals surface area contributed by atoms with Crippen LogP contribution in [0.5, 0.6) is 0 Å². The van der Waals surface area contributed by atoms with E-state index in [0.717, 1.165) is 25.9 Å². The van der Waals surface area contributed by atoms with Crippen LogP contribution in [-0.2, 0) is 0 Å². The first-order chi connectivity index (χ1) is 5.68. The molecule has 0 amide bonds. The van der Waals surface area contributed by atoms with Gasteiger partial charge in [-0.3, -0.25) is 0 Å². The van der Waals surface area contributed by atoms with Gasteiger partial charge in [0.15, 0.2) is 0 Å². The zero-order chi connectivity index (χ0) is 9.03. The second-order valence-electron chi connectivity index (χ2n) is 3.99. The van der Waals surface area contributed by atoms with Crippen LogP contribution in [0.4, 0.5) is 0 Å². The van der Waals surface area contributed by atoms with Gasteiger partial charge in [0.2, 0.25) is 0 Å². The van der Waals surface area contributed by atoms with E-state index in [-0.39, 0.29) is 37.0 Å². The largest absolute Gasteiger partial charge is 0.394 e. The van der Waals surface area contributed by atoms with Crippen molar-refractivity contribution in [2.24, 2.45) is 0 Å². The molecule has 3 N–H and O–H groups in total. The molecule has 1 aliphatic heterocycles. The summed E-state index contributed by atoms with van der Waals surface area (Å²) in [7, 11) is 0. The minimum atomic E-state index is -0.0145. The third kappa shape index (κ3) is 4.80. The number of hydrogen-bond acceptors (Lipinski definition) is 3. The van der Waals surface area contributed by atoms with Gasteiger partial charge < -0.3 is 15.7 Å². The maximum Gasteiger partial charge on any atom is 0.0614 e. The molecule has 1 fully saturated rings. The standard InChI is InChI=1S/C9H20N2O.2ClH/c1-8(2)11-9(7-12)3-5-10-6-4-9;;/h8,10-12H,3-7H2,1-2H3;2*1H. The van der Waals surface area contributed by atoms with Gasteiger partial charge in [-0.25, -0.2) is 0 Å². The molecular formula is C9H22Cl2N2O. The van der Waals surface area contributed by atoms with E-state index in [4.69, 9.17) is 0 Å². The predicted octanol–water partition coefficient (Wildman–Crippen LogP) is 0.942. The molecule has 0 bridgehead atoms. The molecule has 1 rings (SSSR count). The number of aliphatic hydroxyl groups excluding tert-OH is 1. The molecule has 1 aliphatic rings. The number of rotatable bonds is 3. The van der Waals surface area contributed by atoms with Gasteiger partial charge in [0, 0.05) is 11.6 Å². The van der Waals surface area contributed by atoms with Gasteiger partial charge in [-0.15, -0.1) is 24.8 Å². The number of piperidine rings is 1. The molecule has 0 spiro atoms. The molecule has 0 unspecified atom stereocenters. The zero-order valence-electron chi connectivity index (χ0n) is 8.88. The quantitative estimate of drug-likeness (QED) is 0.693. The highest BCUT2D eigenvalue weighted by molar-refractivity contribution is 5.85. The lowest BCUT2D eigenvalue weighted by atomic mass is 9.88. The van der Waals surface area contributed by atoms with Crippen molar-refractivity contribution < 1.29 is 5.11 Å². The van der Waals surface area contributed by atoms with Crippen LogP contribution in [0.3, 0.4) is 0 Å². The van der Waals surface area contributed by atoms with Crippen LogP contribution in [0.1, 0.15) is 26.7 Å². The first kappa shape index (κ1) is 16.9. The predicted molar refractivity (Wildman–Crippen MR) is 64.7 cm³/mol. The van der Waals surface area contributed by atoms with Gasteiger partial charge >= 0.3 is 0 Å². The monoisotopic (exact) mass is 244 g/mol. The van der Waals surface area contributed by atoms with Gasteiger partial charge in [-0.05, 0) is 25.9 Å². The van der Waals surface area contributed by atoms with E-state index in [1.807, 2.05) is 0 Å². The van der Waals surface area contributed by atoms with Gasteiger partial charge in [0.1, 0.15) is 0 Å². The van der Waals surface area contributed by atoms with Crippen molar-refractivity contribution in [2.45, 2.75) is 38.3 Å². The van der Waals surface area contributed by atoms with Crippen molar-refractivity contribution in [1.82, 2.24) is 10.6 Å². The molecule has 88 valence electrons. The van der Waals surface area contributed by atoms with Crippen molar-refractivity contribution in [3.8, 4) is 0 Å². The summed E-state index contributed by atoms with van der Waals surface area (Å²) < 4.78 is 0. The fourth-order valence-electron chi connectivity index (χ4n) is 1.87. The SMILES string of the molecule is CC(C)NC1(CO)CCNCC1.Cl.Cl. The summed E-state index contributed by atoms with van der Waals surface area (Å²) in [6, 6.07) is 0.454. The fraction of sp³-hybridized carbons (Fsp3) is 1.00. The molecule has 1 heterocycles. The first-order valence-corrected chi connectivity index (χ1v) is 4.78. The molecule has 0 aromatic carbocycles. The summed E-state index contributed by atoms with van der Waals surface area (Å²) in [6.07, 6.45) is 2.06. The Morgan fingerprint density at radius 1 is 1.29 bits per heavy atom. The topological polar surface area (TPSA) is 44.3 Å². The summed E-state index contributed by atoms with van der Waals surface area (Å²) in [5, 5.41) is 16.1. The molecule has 0 saturated carbocycles. The van der Waals surface area contributed by atoms with Crippen LogP contribution in [0, 0.1) is 0 Å². The van der Waals surface area contributed by atoms with Crippen LogP contribution in [0.25, 0.3) is 0 Å². The number of halogens is 2. The Bertz CT molecular complexity index is 139. The number of hydrogen-bond donors (Lipinski definition) is 3. The Labute approximate surface area is 98.9 Å². The highest BCUT2D eigenvalue weighted by atomic mass is 35.5. The summed E-state index contributed by atoms with van der Waals surface area (Å²) >= 11 is 0. The van der Waals surface area contributed by atoms with E-state index >= 15 is 0 Å². The molecule has 0 aromatic rings. The fourth-order valence-corrected chi connectivity index (χ4v) is 1.87. The molecular weight excluding hydrogens is 223 g/mol. The first-order valence-electron chi connectivity index (χ1n) is 4.78. The summed E-state index contributed by atoms with van der Waals surface area (Å²) in [4.78, 5) is 0. The molecule has 5 heteroatoms. The molecule has 0 aromatic heterocycles. The minimum Gasteiger partial charge on any atom is -0.394 e. The third-order valence-corrected chi connectivity index (χ3v) is 2.46. The van der Waals surface area contributed by atoms with Crippen molar-refractivity contribution in [2.75, 3.05) is 19.7 Å². The maximum atomic E-state index is 9.30. The van der Waals surface area contributed by atoms with Crippen molar-refractivity contribution >= 4 is 24.8 Å². The van der Waals surface area contributed by atoms with Gasteiger partial charge in [0.25, 0.3) is 0 Å². The van der Waals surface area contributed by atoms with Crippen LogP contribution in [0.15, 0.2) is 0 Å². The molecule has 14 heavy (non-hydrogen) atoms. The van der Waals surface area contributed by atoms with E-state index in [1.165, 1.54) is 0 Å². The lowest BCUT2D eigenvalue weighted by Gasteiger charge is -2.38. The zero-order valence-corrected chi connectivity index (χ0v) is 10.5. The third-order valence-electron chi connectivity index (χ3n) is 2.46. The Morgan fingerprint density at radius 3 is 2.14 bits per heavy atom. The van der Waals surface area contributed by atoms with Gasteiger partial charge in [-0.1, -0.05) is 13.8 Å². The Hall–Kier alpha value is 0.460. The highest BCUT2D eigenvalue weighted by Crippen LogP contribution is 2.17. The lowest BCUT2D eigenvalue weighted by Crippen LogP contribution is -2.56. The molecule has 0 aliphatic carbocycles. The van der Waals surface area contributed by atoms with Crippen LogP contribution in [0.2, 0.25) is 0 Å². The van der Waals surface area contributed by atoms with E-state index in [0.29, 0.717) is 6.04 Å². The summed E-state index contributed by atoms with van der Waals surface area (Å²) in [5.41, 5.74) is -0.0145. The van der Waals surface area contributed by atoms with E-state index < -0.39 is 0 Å². The second kappa shape index (κ2) is 7.71. The molecule has 0 radical (unpaired) electrons. The van der Waals surface area contributed by atoms with E-state index in [1.54, 1.807) is 0 Å². The smallest absolute Gasteiger partial charge is 0.0614 e. The minimum absolute atomic E-state index is 0. The van der Waals surface area contributed by atoms with E-state index in [9.17, 15) is 5.11 Å². The number of nitrogens with one attached hydrogen (secondary N) is 2. The Kier molecular flexibility index (Phi) is 9.30. The second-order valence-corrected chi connectivity index (χ2v) is 3.99. The Morgan fingerprint density at radius 2 is 1.79 bits per heavy atom. The maximum absolute atomic E-state index is 9.30. The Balaban J connectivity index is 0. The number of aliphatic hydroxyl groups is 1. The summed E-state index contributed by atoms with van der Waals surface area (Å²) in [5.74, 6) is 0. The van der Waals surface area contributed by atoms with Crippen molar-refractivity contribution in [3.63, 3.8) is 0 Å². The van der Waals surface area contributed by atoms with Crippen LogP contribution >= 0.6 is 24.8 Å². The van der Waals surface area contributed by atoms with Crippen molar-refractivity contribution in [1.29, 1.82) is 0 Å². The average molecular weight is 245 g/mol. The molecule has 3 nitrogen and oxygen atoms in total. The lowest BCUT2D eigenvalue weighted by molar-refractivity contribution is 0.119. The van der Waals surface area contributed by atoms with Crippen molar-refractivity contribution in [3.05, 3.63) is 0 Å². The van der Waals surface area contributed by atoms with E-state index in [2.05, 4.69) is 24.5 Å². The normalized spacial score (nSPS) is 19.7. The summed E-state index contributed by atoms with van der Waals surface area (Å²) in [6.45, 7) is 6.53. The molecule has 1 saturated heterocycles. The molecule has 0 atom stereocenters.